The van der Waals surface area contributed by atoms with E-state index in [1.54, 1.807) is 54.9 Å². The number of fused-ring (bicyclic) bond motifs is 1. The van der Waals surface area contributed by atoms with Crippen LogP contribution in [0.25, 0.3) is 16.5 Å². The molecule has 1 amide bonds. The van der Waals surface area contributed by atoms with E-state index in [9.17, 15) is 18.0 Å². The van der Waals surface area contributed by atoms with Crippen LogP contribution in [0.3, 0.4) is 0 Å². The minimum atomic E-state index is -4.82. The molecule has 0 aliphatic heterocycles. The predicted octanol–water partition coefficient (Wildman–Crippen LogP) is 7.18. The molecule has 0 aliphatic rings. The standard InChI is InChI=1S/C26H18ClF3N4O/c27-20-5-1-2-6-22(20)33-23(14-24(31)26(28,29)30)16-8-10-17(11-9-16)25(35)34-21-7-3-4-18-15-32-13-12-19(18)21/h1-15,31,33H,(H,34,35)/b23-14-,31-24?. The van der Waals surface area contributed by atoms with E-state index < -0.39 is 11.9 Å². The lowest BCUT2D eigenvalue weighted by Crippen LogP contribution is -2.20. The van der Waals surface area contributed by atoms with Gasteiger partial charge in [0, 0.05) is 40.1 Å². The SMILES string of the molecule is N=C(/C=C(\Nc1ccccc1Cl)c1ccc(C(=O)Nc2cccc3cnccc23)cc1)C(F)(F)F. The van der Waals surface area contributed by atoms with Gasteiger partial charge in [0.1, 0.15) is 5.71 Å². The normalized spacial score (nSPS) is 11.8. The number of para-hydroxylation sites is 1. The van der Waals surface area contributed by atoms with Gasteiger partial charge in [0.2, 0.25) is 0 Å². The van der Waals surface area contributed by atoms with Crippen molar-refractivity contribution in [2.24, 2.45) is 0 Å². The molecule has 4 rings (SSSR count). The van der Waals surface area contributed by atoms with Crippen LogP contribution >= 0.6 is 11.6 Å². The lowest BCUT2D eigenvalue weighted by atomic mass is 10.1. The molecule has 9 heteroatoms. The van der Waals surface area contributed by atoms with Gasteiger partial charge < -0.3 is 10.6 Å². The Labute approximate surface area is 203 Å². The van der Waals surface area contributed by atoms with E-state index >= 15 is 0 Å². The number of rotatable bonds is 6. The summed E-state index contributed by atoms with van der Waals surface area (Å²) in [4.78, 5) is 16.9. The maximum atomic E-state index is 13.1. The molecule has 0 spiro atoms. The Morgan fingerprint density at radius 1 is 0.886 bits per heavy atom. The molecular formula is C26H18ClF3N4O. The first-order valence-electron chi connectivity index (χ1n) is 10.4. The zero-order valence-electron chi connectivity index (χ0n) is 18.0. The third-order valence-corrected chi connectivity index (χ3v) is 5.45. The van der Waals surface area contributed by atoms with Gasteiger partial charge in [-0.2, -0.15) is 13.2 Å². The van der Waals surface area contributed by atoms with E-state index in [1.807, 2.05) is 6.07 Å². The summed E-state index contributed by atoms with van der Waals surface area (Å²) in [5, 5.41) is 15.1. The Hall–Kier alpha value is -4.17. The summed E-state index contributed by atoms with van der Waals surface area (Å²) in [6.07, 6.45) is -0.812. The monoisotopic (exact) mass is 494 g/mol. The molecule has 35 heavy (non-hydrogen) atoms. The summed E-state index contributed by atoms with van der Waals surface area (Å²) in [6, 6.07) is 19.8. The molecule has 176 valence electrons. The van der Waals surface area contributed by atoms with E-state index in [2.05, 4.69) is 15.6 Å². The average Bonchev–Trinajstić information content (AvgIpc) is 2.84. The number of benzene rings is 3. The second-order valence-corrected chi connectivity index (χ2v) is 7.92. The van der Waals surface area contributed by atoms with Crippen molar-refractivity contribution < 1.29 is 18.0 Å². The van der Waals surface area contributed by atoms with Gasteiger partial charge >= 0.3 is 6.18 Å². The van der Waals surface area contributed by atoms with Gasteiger partial charge in [-0.3, -0.25) is 15.2 Å². The molecule has 0 fully saturated rings. The quantitative estimate of drug-likeness (QED) is 0.248. The van der Waals surface area contributed by atoms with Crippen molar-refractivity contribution in [1.29, 1.82) is 5.41 Å². The van der Waals surface area contributed by atoms with Gasteiger partial charge in [0.05, 0.1) is 10.7 Å². The molecule has 1 heterocycles. The molecule has 0 aliphatic carbocycles. The zero-order chi connectivity index (χ0) is 25.0. The largest absolute Gasteiger partial charge is 0.432 e. The van der Waals surface area contributed by atoms with Crippen molar-refractivity contribution in [1.82, 2.24) is 4.98 Å². The minimum absolute atomic E-state index is 0.00827. The van der Waals surface area contributed by atoms with Gasteiger partial charge in [-0.05, 0) is 48.0 Å². The third-order valence-electron chi connectivity index (χ3n) is 5.12. The van der Waals surface area contributed by atoms with Crippen LogP contribution in [0.4, 0.5) is 24.5 Å². The summed E-state index contributed by atoms with van der Waals surface area (Å²) < 4.78 is 39.2. The fourth-order valence-corrected chi connectivity index (χ4v) is 3.54. The number of hydrogen-bond acceptors (Lipinski definition) is 4. The highest BCUT2D eigenvalue weighted by molar-refractivity contribution is 6.33. The van der Waals surface area contributed by atoms with Crippen LogP contribution in [0.15, 0.2) is 91.3 Å². The first-order valence-corrected chi connectivity index (χ1v) is 10.7. The molecule has 0 bridgehead atoms. The molecule has 5 nitrogen and oxygen atoms in total. The van der Waals surface area contributed by atoms with Crippen LogP contribution in [0.2, 0.25) is 5.02 Å². The Kier molecular flexibility index (Phi) is 6.84. The molecule has 0 unspecified atom stereocenters. The predicted molar refractivity (Wildman–Crippen MR) is 133 cm³/mol. The highest BCUT2D eigenvalue weighted by Crippen LogP contribution is 2.28. The third kappa shape index (κ3) is 5.67. The zero-order valence-corrected chi connectivity index (χ0v) is 18.8. The van der Waals surface area contributed by atoms with Gasteiger partial charge in [0.15, 0.2) is 0 Å². The van der Waals surface area contributed by atoms with Crippen LogP contribution in [0.1, 0.15) is 15.9 Å². The van der Waals surface area contributed by atoms with Crippen molar-refractivity contribution in [3.63, 3.8) is 0 Å². The van der Waals surface area contributed by atoms with Crippen LogP contribution in [0.5, 0.6) is 0 Å². The topological polar surface area (TPSA) is 77.9 Å². The summed E-state index contributed by atoms with van der Waals surface area (Å²) >= 11 is 6.15. The second-order valence-electron chi connectivity index (χ2n) is 7.51. The summed E-state index contributed by atoms with van der Waals surface area (Å²) in [6.45, 7) is 0. The number of halogens is 4. The number of hydrogen-bond donors (Lipinski definition) is 3. The second kappa shape index (κ2) is 9.99. The van der Waals surface area contributed by atoms with E-state index in [-0.39, 0.29) is 11.6 Å². The average molecular weight is 495 g/mol. The molecule has 0 atom stereocenters. The van der Waals surface area contributed by atoms with Crippen LogP contribution in [-0.2, 0) is 0 Å². The molecule has 0 saturated carbocycles. The van der Waals surface area contributed by atoms with Crippen LogP contribution < -0.4 is 10.6 Å². The van der Waals surface area contributed by atoms with E-state index in [0.29, 0.717) is 33.6 Å². The lowest BCUT2D eigenvalue weighted by molar-refractivity contribution is -0.0583. The molecule has 3 aromatic carbocycles. The first-order chi connectivity index (χ1) is 16.7. The van der Waals surface area contributed by atoms with Crippen molar-refractivity contribution in [2.45, 2.75) is 6.18 Å². The summed E-state index contributed by atoms with van der Waals surface area (Å²) in [5.41, 5.74) is 0.115. The van der Waals surface area contributed by atoms with E-state index in [0.717, 1.165) is 10.8 Å². The first kappa shape index (κ1) is 24.0. The molecule has 0 saturated heterocycles. The fraction of sp³-hybridized carbons (Fsp3) is 0.0385. The Balaban J connectivity index is 1.61. The smallest absolute Gasteiger partial charge is 0.354 e. The Morgan fingerprint density at radius 2 is 1.57 bits per heavy atom. The van der Waals surface area contributed by atoms with Gasteiger partial charge in [-0.15, -0.1) is 0 Å². The fourth-order valence-electron chi connectivity index (χ4n) is 3.35. The maximum absolute atomic E-state index is 13.1. The van der Waals surface area contributed by atoms with E-state index in [1.165, 1.54) is 24.3 Å². The molecule has 0 radical (unpaired) electrons. The minimum Gasteiger partial charge on any atom is -0.354 e. The lowest BCUT2D eigenvalue weighted by Gasteiger charge is -2.15. The number of pyridine rings is 1. The van der Waals surface area contributed by atoms with Gasteiger partial charge in [-0.25, -0.2) is 0 Å². The number of alkyl halides is 3. The molecule has 1 aromatic heterocycles. The number of nitrogens with zero attached hydrogens (tertiary/aromatic N) is 1. The highest BCUT2D eigenvalue weighted by Gasteiger charge is 2.33. The Bertz CT molecular complexity index is 1430. The summed E-state index contributed by atoms with van der Waals surface area (Å²) in [7, 11) is 0. The van der Waals surface area contributed by atoms with Gasteiger partial charge in [-0.1, -0.05) is 48.0 Å². The van der Waals surface area contributed by atoms with Crippen molar-refractivity contribution in [3.8, 4) is 0 Å². The number of aromatic nitrogens is 1. The number of allylic oxidation sites excluding steroid dienone is 1. The highest BCUT2D eigenvalue weighted by atomic mass is 35.5. The van der Waals surface area contributed by atoms with Crippen LogP contribution in [-0.4, -0.2) is 22.8 Å². The summed E-state index contributed by atoms with van der Waals surface area (Å²) in [5.74, 6) is -0.381. The number of nitrogens with one attached hydrogen (secondary N) is 3. The number of amides is 1. The molecule has 4 aromatic rings. The number of anilines is 2. The van der Waals surface area contributed by atoms with Gasteiger partial charge in [0.25, 0.3) is 5.91 Å². The van der Waals surface area contributed by atoms with Crippen molar-refractivity contribution in [3.05, 3.63) is 107 Å². The maximum Gasteiger partial charge on any atom is 0.432 e. The number of carbonyl (C=O) groups excluding carboxylic acids is 1. The van der Waals surface area contributed by atoms with Crippen molar-refractivity contribution in [2.75, 3.05) is 10.6 Å². The van der Waals surface area contributed by atoms with E-state index in [4.69, 9.17) is 17.0 Å². The van der Waals surface area contributed by atoms with Crippen molar-refractivity contribution >= 4 is 51.1 Å². The molecule has 3 N–H and O–H groups in total. The Morgan fingerprint density at radius 3 is 2.29 bits per heavy atom. The number of carbonyl (C=O) groups is 1. The van der Waals surface area contributed by atoms with Crippen LogP contribution in [0, 0.1) is 5.41 Å². The molecular weight excluding hydrogens is 477 g/mol.